The number of fused-ring (bicyclic) bond motifs is 1. The summed E-state index contributed by atoms with van der Waals surface area (Å²) >= 11 is 5.97. The maximum Gasteiger partial charge on any atom is 0.265 e. The molecule has 0 radical (unpaired) electrons. The fourth-order valence-electron chi connectivity index (χ4n) is 3.20. The molecule has 166 valence electrons. The van der Waals surface area contributed by atoms with E-state index in [-0.39, 0.29) is 23.1 Å². The lowest BCUT2D eigenvalue weighted by molar-refractivity contribution is -0.123. The summed E-state index contributed by atoms with van der Waals surface area (Å²) in [5.74, 6) is -0.486. The fraction of sp³-hybridized carbons (Fsp3) is 0.333. The maximum atomic E-state index is 13.1. The molecule has 0 spiro atoms. The third-order valence-corrected chi connectivity index (χ3v) is 7.18. The molecule has 1 aliphatic rings. The summed E-state index contributed by atoms with van der Waals surface area (Å²) in [5, 5.41) is 5.88. The van der Waals surface area contributed by atoms with E-state index in [2.05, 4.69) is 10.6 Å². The van der Waals surface area contributed by atoms with Gasteiger partial charge in [0.25, 0.3) is 5.91 Å². The molecule has 31 heavy (non-hydrogen) atoms. The molecular weight excluding hydrogens is 442 g/mol. The standard InChI is InChI=1S/C21H24ClN3O5S/c1-5-17-21(27)24-16-8-13(3)19(10-18(16)30-17)31(28,29)25(4)11-20(26)23-15-9-14(22)7-6-12(15)2/h6-10,17H,5,11H2,1-4H3,(H,23,26)(H,24,27)/t17-/m0/s1. The van der Waals surface area contributed by atoms with Crippen molar-refractivity contribution < 1.29 is 22.7 Å². The molecule has 0 aromatic heterocycles. The van der Waals surface area contributed by atoms with Crippen molar-refractivity contribution in [2.45, 2.75) is 38.2 Å². The van der Waals surface area contributed by atoms with E-state index < -0.39 is 22.0 Å². The first kappa shape index (κ1) is 23.1. The quantitative estimate of drug-likeness (QED) is 0.680. The number of anilines is 2. The first-order chi connectivity index (χ1) is 14.5. The Morgan fingerprint density at radius 3 is 2.61 bits per heavy atom. The largest absolute Gasteiger partial charge is 0.478 e. The summed E-state index contributed by atoms with van der Waals surface area (Å²) in [6.07, 6.45) is -0.236. The monoisotopic (exact) mass is 465 g/mol. The molecule has 0 fully saturated rings. The molecule has 2 N–H and O–H groups in total. The van der Waals surface area contributed by atoms with Gasteiger partial charge in [-0.05, 0) is 49.6 Å². The van der Waals surface area contributed by atoms with Crippen LogP contribution in [-0.2, 0) is 19.6 Å². The van der Waals surface area contributed by atoms with E-state index in [1.807, 2.05) is 6.92 Å². The highest BCUT2D eigenvalue weighted by atomic mass is 35.5. The zero-order chi connectivity index (χ0) is 22.9. The van der Waals surface area contributed by atoms with Gasteiger partial charge in [0.15, 0.2) is 6.10 Å². The van der Waals surface area contributed by atoms with Crippen molar-refractivity contribution in [3.8, 4) is 5.75 Å². The van der Waals surface area contributed by atoms with Crippen LogP contribution in [0.1, 0.15) is 24.5 Å². The second-order valence-electron chi connectivity index (χ2n) is 7.39. The highest BCUT2D eigenvalue weighted by Crippen LogP contribution is 2.35. The molecular formula is C21H24ClN3O5S. The van der Waals surface area contributed by atoms with Crippen LogP contribution in [0.25, 0.3) is 0 Å². The number of amides is 2. The summed E-state index contributed by atoms with van der Waals surface area (Å²) in [5.41, 5.74) is 2.17. The van der Waals surface area contributed by atoms with E-state index >= 15 is 0 Å². The molecule has 0 bridgehead atoms. The van der Waals surface area contributed by atoms with Crippen molar-refractivity contribution in [2.75, 3.05) is 24.2 Å². The van der Waals surface area contributed by atoms with E-state index in [0.29, 0.717) is 28.4 Å². The number of halogens is 1. The van der Waals surface area contributed by atoms with Crippen LogP contribution in [0.5, 0.6) is 5.75 Å². The van der Waals surface area contributed by atoms with Crippen LogP contribution in [0.15, 0.2) is 35.2 Å². The number of nitrogens with zero attached hydrogens (tertiary/aromatic N) is 1. The van der Waals surface area contributed by atoms with Crippen molar-refractivity contribution in [2.24, 2.45) is 0 Å². The van der Waals surface area contributed by atoms with E-state index in [1.54, 1.807) is 38.1 Å². The minimum Gasteiger partial charge on any atom is -0.478 e. The second kappa shape index (κ2) is 8.86. The average Bonchev–Trinajstić information content (AvgIpc) is 2.69. The summed E-state index contributed by atoms with van der Waals surface area (Å²) in [7, 11) is -2.66. The van der Waals surface area contributed by atoms with Gasteiger partial charge in [0.2, 0.25) is 15.9 Å². The molecule has 0 saturated heterocycles. The first-order valence-corrected chi connectivity index (χ1v) is 11.5. The number of carbonyl (C=O) groups is 2. The predicted octanol–water partition coefficient (Wildman–Crippen LogP) is 3.33. The van der Waals surface area contributed by atoms with Gasteiger partial charge in [-0.3, -0.25) is 9.59 Å². The van der Waals surface area contributed by atoms with Crippen LogP contribution in [-0.4, -0.2) is 44.2 Å². The van der Waals surface area contributed by atoms with Gasteiger partial charge in [-0.1, -0.05) is 24.6 Å². The highest BCUT2D eigenvalue weighted by molar-refractivity contribution is 7.89. The van der Waals surface area contributed by atoms with Gasteiger partial charge in [0.1, 0.15) is 5.75 Å². The summed E-state index contributed by atoms with van der Waals surface area (Å²) in [4.78, 5) is 24.5. The summed E-state index contributed by atoms with van der Waals surface area (Å²) in [6, 6.07) is 8.01. The van der Waals surface area contributed by atoms with E-state index in [0.717, 1.165) is 9.87 Å². The van der Waals surface area contributed by atoms with Crippen LogP contribution in [0, 0.1) is 13.8 Å². The lowest BCUT2D eigenvalue weighted by atomic mass is 10.1. The third-order valence-electron chi connectivity index (χ3n) is 5.00. The Bertz CT molecular complexity index is 1150. The number of sulfonamides is 1. The fourth-order valence-corrected chi connectivity index (χ4v) is 4.72. The maximum absolute atomic E-state index is 13.1. The Morgan fingerprint density at radius 2 is 1.94 bits per heavy atom. The Labute approximate surface area is 186 Å². The molecule has 2 aromatic carbocycles. The van der Waals surface area contributed by atoms with Crippen LogP contribution >= 0.6 is 11.6 Å². The second-order valence-corrected chi connectivity index (χ2v) is 9.84. The molecule has 1 atom stereocenters. The zero-order valence-electron chi connectivity index (χ0n) is 17.7. The van der Waals surface area contributed by atoms with Crippen molar-refractivity contribution in [1.29, 1.82) is 0 Å². The molecule has 0 unspecified atom stereocenters. The number of likely N-dealkylation sites (N-methyl/N-ethyl adjacent to an activating group) is 1. The number of hydrogen-bond donors (Lipinski definition) is 2. The van der Waals surface area contributed by atoms with Crippen molar-refractivity contribution in [1.82, 2.24) is 4.31 Å². The first-order valence-electron chi connectivity index (χ1n) is 9.67. The highest BCUT2D eigenvalue weighted by Gasteiger charge is 2.31. The number of hydrogen-bond acceptors (Lipinski definition) is 5. The van der Waals surface area contributed by atoms with E-state index in [1.165, 1.54) is 13.1 Å². The Morgan fingerprint density at radius 1 is 1.23 bits per heavy atom. The smallest absolute Gasteiger partial charge is 0.265 e. The molecule has 1 heterocycles. The molecule has 10 heteroatoms. The SMILES string of the molecule is CC[C@@H]1Oc2cc(S(=O)(=O)N(C)CC(=O)Nc3cc(Cl)ccc3C)c(C)cc2NC1=O. The predicted molar refractivity (Wildman–Crippen MR) is 119 cm³/mol. The number of rotatable bonds is 6. The van der Waals surface area contributed by atoms with Crippen molar-refractivity contribution >= 4 is 44.8 Å². The molecule has 0 aliphatic carbocycles. The van der Waals surface area contributed by atoms with Crippen LogP contribution < -0.4 is 15.4 Å². The average molecular weight is 466 g/mol. The van der Waals surface area contributed by atoms with Crippen LogP contribution in [0.4, 0.5) is 11.4 Å². The van der Waals surface area contributed by atoms with Gasteiger partial charge in [0, 0.05) is 23.8 Å². The molecule has 0 saturated carbocycles. The van der Waals surface area contributed by atoms with Gasteiger partial charge in [-0.15, -0.1) is 0 Å². The number of benzene rings is 2. The molecule has 1 aliphatic heterocycles. The normalized spacial score (nSPS) is 15.8. The number of nitrogens with one attached hydrogen (secondary N) is 2. The third kappa shape index (κ3) is 4.84. The van der Waals surface area contributed by atoms with E-state index in [4.69, 9.17) is 16.3 Å². The minimum atomic E-state index is -3.99. The molecule has 3 rings (SSSR count). The van der Waals surface area contributed by atoms with Gasteiger partial charge in [-0.25, -0.2) is 8.42 Å². The minimum absolute atomic E-state index is 0.00601. The van der Waals surface area contributed by atoms with Gasteiger partial charge in [-0.2, -0.15) is 4.31 Å². The Kier molecular flexibility index (Phi) is 6.59. The molecule has 8 nitrogen and oxygen atoms in total. The van der Waals surface area contributed by atoms with Gasteiger partial charge in [0.05, 0.1) is 17.1 Å². The van der Waals surface area contributed by atoms with E-state index in [9.17, 15) is 18.0 Å². The summed E-state index contributed by atoms with van der Waals surface area (Å²) < 4.78 is 32.9. The van der Waals surface area contributed by atoms with Gasteiger partial charge >= 0.3 is 0 Å². The lowest BCUT2D eigenvalue weighted by Crippen LogP contribution is -2.37. The number of ether oxygens (including phenoxy) is 1. The lowest BCUT2D eigenvalue weighted by Gasteiger charge is -2.27. The zero-order valence-corrected chi connectivity index (χ0v) is 19.2. The molecule has 2 amide bonds. The van der Waals surface area contributed by atoms with Crippen molar-refractivity contribution in [3.63, 3.8) is 0 Å². The topological polar surface area (TPSA) is 105 Å². The van der Waals surface area contributed by atoms with Crippen LogP contribution in [0.3, 0.4) is 0 Å². The van der Waals surface area contributed by atoms with Gasteiger partial charge < -0.3 is 15.4 Å². The summed E-state index contributed by atoms with van der Waals surface area (Å²) in [6.45, 7) is 4.84. The Hall–Kier alpha value is -2.62. The molecule has 2 aromatic rings. The van der Waals surface area contributed by atoms with Crippen molar-refractivity contribution in [3.05, 3.63) is 46.5 Å². The number of aryl methyl sites for hydroxylation is 2. The van der Waals surface area contributed by atoms with Crippen LogP contribution in [0.2, 0.25) is 5.02 Å². The Balaban J connectivity index is 1.81. The number of carbonyl (C=O) groups excluding carboxylic acids is 2.